The van der Waals surface area contributed by atoms with Crippen molar-refractivity contribution in [3.8, 4) is 0 Å². The minimum Gasteiger partial charge on any atom is -0.352 e. The van der Waals surface area contributed by atoms with Crippen LogP contribution in [0.4, 0.5) is 0 Å². The Bertz CT molecular complexity index is 1090. The molecule has 0 aliphatic heterocycles. The molecule has 1 heterocycles. The summed E-state index contributed by atoms with van der Waals surface area (Å²) in [6.07, 6.45) is 0.764. The number of amides is 1. The lowest BCUT2D eigenvalue weighted by Gasteiger charge is -2.07. The van der Waals surface area contributed by atoms with E-state index in [-0.39, 0.29) is 5.91 Å². The predicted octanol–water partition coefficient (Wildman–Crippen LogP) is 4.11. The topological polar surface area (TPSA) is 59.8 Å². The van der Waals surface area contributed by atoms with Crippen LogP contribution in [0, 0.1) is 0 Å². The largest absolute Gasteiger partial charge is 0.352 e. The normalized spacial score (nSPS) is 10.9. The van der Waals surface area contributed by atoms with Gasteiger partial charge in [0, 0.05) is 17.1 Å². The molecule has 0 fully saturated rings. The predicted molar refractivity (Wildman–Crippen MR) is 111 cm³/mol. The number of carbonyl (C=O) groups is 1. The summed E-state index contributed by atoms with van der Waals surface area (Å²) in [6.45, 7) is 1.19. The number of nitrogens with zero attached hydrogens (tertiary/aromatic N) is 3. The summed E-state index contributed by atoms with van der Waals surface area (Å²) in [5.74, 6) is -0.0771. The third kappa shape index (κ3) is 4.21. The number of nitrogens with one attached hydrogen (secondary N) is 1. The van der Waals surface area contributed by atoms with E-state index < -0.39 is 0 Å². The maximum atomic E-state index is 12.3. The molecule has 0 saturated heterocycles. The average Bonchev–Trinajstić information content (AvgIpc) is 3.13. The Balaban J connectivity index is 1.34. The summed E-state index contributed by atoms with van der Waals surface area (Å²) in [5.41, 5.74) is 4.71. The number of benzene rings is 3. The van der Waals surface area contributed by atoms with Crippen LogP contribution in [0.1, 0.15) is 21.5 Å². The second-order valence-electron chi connectivity index (χ2n) is 6.57. The van der Waals surface area contributed by atoms with E-state index >= 15 is 0 Å². The van der Waals surface area contributed by atoms with Gasteiger partial charge in [0.25, 0.3) is 5.91 Å². The Kier molecular flexibility index (Phi) is 5.35. The first-order valence-corrected chi connectivity index (χ1v) is 9.47. The van der Waals surface area contributed by atoms with Crippen molar-refractivity contribution in [3.05, 3.63) is 94.5 Å². The lowest BCUT2D eigenvalue weighted by atomic mass is 10.1. The monoisotopic (exact) mass is 390 g/mol. The third-order valence-electron chi connectivity index (χ3n) is 4.58. The quantitative estimate of drug-likeness (QED) is 0.539. The van der Waals surface area contributed by atoms with Crippen LogP contribution in [0.3, 0.4) is 0 Å². The maximum absolute atomic E-state index is 12.3. The molecule has 1 N–H and O–H groups in total. The Morgan fingerprint density at radius 3 is 2.43 bits per heavy atom. The summed E-state index contributed by atoms with van der Waals surface area (Å²) in [6, 6.07) is 23.1. The Labute approximate surface area is 167 Å². The highest BCUT2D eigenvalue weighted by atomic mass is 35.5. The first kappa shape index (κ1) is 18.2. The molecule has 6 heteroatoms. The Morgan fingerprint density at radius 1 is 0.929 bits per heavy atom. The van der Waals surface area contributed by atoms with Crippen molar-refractivity contribution in [2.75, 3.05) is 6.54 Å². The fourth-order valence-corrected chi connectivity index (χ4v) is 3.17. The van der Waals surface area contributed by atoms with Gasteiger partial charge in [-0.3, -0.25) is 4.79 Å². The number of rotatable bonds is 6. The summed E-state index contributed by atoms with van der Waals surface area (Å²) < 4.78 is 1.86. The number of hydrogen-bond donors (Lipinski definition) is 1. The highest BCUT2D eigenvalue weighted by Gasteiger charge is 2.07. The number of halogens is 1. The molecule has 0 atom stereocenters. The van der Waals surface area contributed by atoms with E-state index in [1.807, 2.05) is 77.5 Å². The summed E-state index contributed by atoms with van der Waals surface area (Å²) in [7, 11) is 0. The molecule has 1 aromatic heterocycles. The maximum Gasteiger partial charge on any atom is 0.251 e. The highest BCUT2D eigenvalue weighted by molar-refractivity contribution is 6.30. The van der Waals surface area contributed by atoms with Crippen LogP contribution in [0.25, 0.3) is 11.0 Å². The van der Waals surface area contributed by atoms with E-state index in [0.717, 1.165) is 28.6 Å². The van der Waals surface area contributed by atoms with E-state index in [0.29, 0.717) is 23.7 Å². The smallest absolute Gasteiger partial charge is 0.251 e. The van der Waals surface area contributed by atoms with Crippen LogP contribution in [0.15, 0.2) is 72.8 Å². The van der Waals surface area contributed by atoms with Crippen molar-refractivity contribution in [1.29, 1.82) is 0 Å². The minimum absolute atomic E-state index is 0.0771. The SMILES string of the molecule is O=C(NCCc1ccc(Cl)cc1)c1ccc(Cn2nnc3ccccc32)cc1. The molecule has 4 aromatic rings. The van der Waals surface area contributed by atoms with Crippen LogP contribution in [-0.2, 0) is 13.0 Å². The lowest BCUT2D eigenvalue weighted by molar-refractivity contribution is 0.0954. The van der Waals surface area contributed by atoms with E-state index in [1.54, 1.807) is 0 Å². The van der Waals surface area contributed by atoms with E-state index in [1.165, 1.54) is 0 Å². The van der Waals surface area contributed by atoms with Crippen molar-refractivity contribution >= 4 is 28.5 Å². The zero-order chi connectivity index (χ0) is 19.3. The molecule has 0 saturated carbocycles. The third-order valence-corrected chi connectivity index (χ3v) is 4.83. The molecule has 4 rings (SSSR count). The van der Waals surface area contributed by atoms with E-state index in [4.69, 9.17) is 11.6 Å². The molecule has 0 bridgehead atoms. The Morgan fingerprint density at radius 2 is 1.64 bits per heavy atom. The van der Waals surface area contributed by atoms with E-state index in [9.17, 15) is 4.79 Å². The van der Waals surface area contributed by atoms with Gasteiger partial charge >= 0.3 is 0 Å². The molecule has 0 unspecified atom stereocenters. The summed E-state index contributed by atoms with van der Waals surface area (Å²) in [4.78, 5) is 12.3. The number of aromatic nitrogens is 3. The molecule has 0 aliphatic carbocycles. The van der Waals surface area contributed by atoms with Gasteiger partial charge in [-0.15, -0.1) is 5.10 Å². The molecule has 1 amide bonds. The van der Waals surface area contributed by atoms with Crippen LogP contribution >= 0.6 is 11.6 Å². The first-order chi connectivity index (χ1) is 13.7. The van der Waals surface area contributed by atoms with Gasteiger partial charge in [-0.2, -0.15) is 0 Å². The first-order valence-electron chi connectivity index (χ1n) is 9.09. The summed E-state index contributed by atoms with van der Waals surface area (Å²) in [5, 5.41) is 12.0. The van der Waals surface area contributed by atoms with Crippen molar-refractivity contribution in [2.24, 2.45) is 0 Å². The van der Waals surface area contributed by atoms with Gasteiger partial charge in [-0.05, 0) is 53.9 Å². The molecule has 28 heavy (non-hydrogen) atoms. The minimum atomic E-state index is -0.0771. The van der Waals surface area contributed by atoms with Crippen LogP contribution in [0.2, 0.25) is 5.02 Å². The summed E-state index contributed by atoms with van der Waals surface area (Å²) >= 11 is 5.88. The molecule has 0 aliphatic rings. The van der Waals surface area contributed by atoms with Crippen LogP contribution < -0.4 is 5.32 Å². The number of carbonyl (C=O) groups excluding carboxylic acids is 1. The fourth-order valence-electron chi connectivity index (χ4n) is 3.04. The number of fused-ring (bicyclic) bond motifs is 1. The Hall–Kier alpha value is -3.18. The molecular formula is C22H19ClN4O. The second kappa shape index (κ2) is 8.23. The lowest BCUT2D eigenvalue weighted by Crippen LogP contribution is -2.25. The van der Waals surface area contributed by atoms with Crippen molar-refractivity contribution in [3.63, 3.8) is 0 Å². The van der Waals surface area contributed by atoms with Crippen molar-refractivity contribution in [1.82, 2.24) is 20.3 Å². The molecule has 0 spiro atoms. The van der Waals surface area contributed by atoms with Gasteiger partial charge in [-0.1, -0.05) is 53.2 Å². The molecule has 3 aromatic carbocycles. The van der Waals surface area contributed by atoms with Gasteiger partial charge in [-0.25, -0.2) is 4.68 Å². The zero-order valence-corrected chi connectivity index (χ0v) is 15.9. The molecule has 140 valence electrons. The molecular weight excluding hydrogens is 372 g/mol. The van der Waals surface area contributed by atoms with Gasteiger partial charge in [0.1, 0.15) is 5.52 Å². The van der Waals surface area contributed by atoms with Gasteiger partial charge in [0.05, 0.1) is 12.1 Å². The van der Waals surface area contributed by atoms with Crippen LogP contribution in [-0.4, -0.2) is 27.4 Å². The van der Waals surface area contributed by atoms with Gasteiger partial charge in [0.15, 0.2) is 0 Å². The highest BCUT2D eigenvalue weighted by Crippen LogP contribution is 2.13. The number of para-hydroxylation sites is 1. The average molecular weight is 391 g/mol. The second-order valence-corrected chi connectivity index (χ2v) is 7.00. The van der Waals surface area contributed by atoms with E-state index in [2.05, 4.69) is 15.6 Å². The standard InChI is InChI=1S/C22H19ClN4O/c23-19-11-7-16(8-12-19)13-14-24-22(28)18-9-5-17(6-10-18)15-27-21-4-2-1-3-20(21)25-26-27/h1-12H,13-15H2,(H,24,28). The zero-order valence-electron chi connectivity index (χ0n) is 15.2. The molecule has 5 nitrogen and oxygen atoms in total. The fraction of sp³-hybridized carbons (Fsp3) is 0.136. The molecule has 0 radical (unpaired) electrons. The van der Waals surface area contributed by atoms with Crippen molar-refractivity contribution in [2.45, 2.75) is 13.0 Å². The van der Waals surface area contributed by atoms with Gasteiger partial charge < -0.3 is 5.32 Å². The van der Waals surface area contributed by atoms with Gasteiger partial charge in [0.2, 0.25) is 0 Å². The number of hydrogen-bond acceptors (Lipinski definition) is 3. The van der Waals surface area contributed by atoms with Crippen LogP contribution in [0.5, 0.6) is 0 Å². The van der Waals surface area contributed by atoms with Crippen molar-refractivity contribution < 1.29 is 4.79 Å².